The molecule has 1 aromatic heterocycles. The average molecular weight is 513 g/mol. The van der Waals surface area contributed by atoms with Crippen molar-refractivity contribution in [2.45, 2.75) is 58.8 Å². The lowest BCUT2D eigenvalue weighted by Gasteiger charge is -2.38. The molecule has 1 spiro atoms. The zero-order chi connectivity index (χ0) is 26.2. The van der Waals surface area contributed by atoms with Crippen molar-refractivity contribution in [2.24, 2.45) is 10.8 Å². The molecule has 0 radical (unpaired) electrons. The van der Waals surface area contributed by atoms with E-state index in [9.17, 15) is 9.90 Å². The van der Waals surface area contributed by atoms with E-state index in [2.05, 4.69) is 54.1 Å². The zero-order valence-corrected chi connectivity index (χ0v) is 22.5. The van der Waals surface area contributed by atoms with Gasteiger partial charge in [-0.2, -0.15) is 5.10 Å². The van der Waals surface area contributed by atoms with Gasteiger partial charge in [0, 0.05) is 47.4 Å². The van der Waals surface area contributed by atoms with Crippen LogP contribution in [0.1, 0.15) is 77.8 Å². The Kier molecular flexibility index (Phi) is 5.38. The average Bonchev–Trinajstić information content (AvgIpc) is 3.64. The number of aliphatic hydroxyl groups excluding tert-OH is 1. The Morgan fingerprint density at radius 3 is 2.55 bits per heavy atom. The van der Waals surface area contributed by atoms with Gasteiger partial charge in [-0.1, -0.05) is 44.2 Å². The Morgan fingerprint density at radius 2 is 1.84 bits per heavy atom. The van der Waals surface area contributed by atoms with Crippen LogP contribution in [0.5, 0.6) is 0 Å². The van der Waals surface area contributed by atoms with Crippen molar-refractivity contribution in [1.82, 2.24) is 20.0 Å². The summed E-state index contributed by atoms with van der Waals surface area (Å²) < 4.78 is 5.42. The van der Waals surface area contributed by atoms with E-state index in [0.717, 1.165) is 79.1 Å². The molecular formula is C31H36N4O3. The number of amides is 1. The maximum atomic E-state index is 13.4. The van der Waals surface area contributed by atoms with Gasteiger partial charge in [-0.3, -0.25) is 14.8 Å². The normalized spacial score (nSPS) is 22.9. The molecule has 7 nitrogen and oxygen atoms in total. The quantitative estimate of drug-likeness (QED) is 0.521. The van der Waals surface area contributed by atoms with E-state index in [1.54, 1.807) is 0 Å². The van der Waals surface area contributed by atoms with Crippen LogP contribution >= 0.6 is 0 Å². The molecule has 2 saturated heterocycles. The van der Waals surface area contributed by atoms with E-state index in [4.69, 9.17) is 4.74 Å². The minimum absolute atomic E-state index is 0.0674. The highest BCUT2D eigenvalue weighted by Crippen LogP contribution is 2.42. The molecule has 2 fully saturated rings. The lowest BCUT2D eigenvalue weighted by atomic mass is 9.85. The van der Waals surface area contributed by atoms with Crippen molar-refractivity contribution >= 4 is 5.91 Å². The molecule has 1 amide bonds. The van der Waals surface area contributed by atoms with Gasteiger partial charge >= 0.3 is 0 Å². The summed E-state index contributed by atoms with van der Waals surface area (Å²) in [6, 6.07) is 14.2. The first-order chi connectivity index (χ1) is 18.2. The van der Waals surface area contributed by atoms with E-state index >= 15 is 0 Å². The van der Waals surface area contributed by atoms with Crippen LogP contribution in [0.25, 0.3) is 11.3 Å². The number of ether oxygens (including phenoxy) is 1. The number of nitrogens with one attached hydrogen (secondary N) is 1. The summed E-state index contributed by atoms with van der Waals surface area (Å²) in [5.74, 6) is 0.0710. The summed E-state index contributed by atoms with van der Waals surface area (Å²) >= 11 is 0. The Morgan fingerprint density at radius 1 is 1.08 bits per heavy atom. The van der Waals surface area contributed by atoms with Gasteiger partial charge in [-0.05, 0) is 60.4 Å². The molecule has 0 bridgehead atoms. The molecule has 3 aromatic rings. The summed E-state index contributed by atoms with van der Waals surface area (Å²) in [6.07, 6.45) is 2.52. The number of hydrogen-bond donors (Lipinski definition) is 2. The van der Waals surface area contributed by atoms with Crippen LogP contribution in [0.4, 0.5) is 0 Å². The van der Waals surface area contributed by atoms with Crippen molar-refractivity contribution < 1.29 is 14.6 Å². The minimum atomic E-state index is -0.607. The summed E-state index contributed by atoms with van der Waals surface area (Å²) in [4.78, 5) is 17.5. The number of carbonyl (C=O) groups is 1. The lowest BCUT2D eigenvalue weighted by molar-refractivity contribution is -0.112. The molecule has 2 aromatic carbocycles. The van der Waals surface area contributed by atoms with Gasteiger partial charge in [0.15, 0.2) is 0 Å². The molecule has 1 unspecified atom stereocenters. The van der Waals surface area contributed by atoms with Crippen molar-refractivity contribution in [3.8, 4) is 11.3 Å². The van der Waals surface area contributed by atoms with E-state index in [-0.39, 0.29) is 22.8 Å². The predicted molar refractivity (Wildman–Crippen MR) is 144 cm³/mol. The first kappa shape index (κ1) is 24.1. The third kappa shape index (κ3) is 3.82. The number of likely N-dealkylation sites (tertiary alicyclic amines) is 1. The topological polar surface area (TPSA) is 81.7 Å². The summed E-state index contributed by atoms with van der Waals surface area (Å²) in [5.41, 5.74) is 8.97. The Bertz CT molecular complexity index is 1400. The highest BCUT2D eigenvalue weighted by molar-refractivity contribution is 5.99. The molecule has 198 valence electrons. The van der Waals surface area contributed by atoms with Crippen LogP contribution < -0.4 is 0 Å². The van der Waals surface area contributed by atoms with Crippen LogP contribution in [-0.2, 0) is 24.1 Å². The molecule has 38 heavy (non-hydrogen) atoms. The second kappa shape index (κ2) is 8.50. The molecule has 2 N–H and O–H groups in total. The third-order valence-corrected chi connectivity index (χ3v) is 9.29. The fourth-order valence-corrected chi connectivity index (χ4v) is 6.94. The van der Waals surface area contributed by atoms with Gasteiger partial charge < -0.3 is 14.7 Å². The van der Waals surface area contributed by atoms with E-state index < -0.39 is 6.23 Å². The van der Waals surface area contributed by atoms with Crippen LogP contribution in [0.15, 0.2) is 42.5 Å². The molecule has 3 aliphatic heterocycles. The molecule has 7 heteroatoms. The number of H-pyrrole nitrogens is 1. The SMILES string of the molecule is C[C@H](c1ccc(C(O)N2CCC3(COC3)C2)cc1)N1Cc2cc(-c3n[nH]c4c3CC(C)(C)C4)ccc2C1=O. The van der Waals surface area contributed by atoms with Crippen molar-refractivity contribution in [3.05, 3.63) is 76.0 Å². The van der Waals surface area contributed by atoms with Gasteiger partial charge in [-0.25, -0.2) is 0 Å². The van der Waals surface area contributed by atoms with Crippen LogP contribution in [0.3, 0.4) is 0 Å². The fraction of sp³-hybridized carbons (Fsp3) is 0.484. The predicted octanol–water partition coefficient (Wildman–Crippen LogP) is 4.63. The summed E-state index contributed by atoms with van der Waals surface area (Å²) in [6.45, 7) is 10.7. The summed E-state index contributed by atoms with van der Waals surface area (Å²) in [5, 5.41) is 18.9. The first-order valence-electron chi connectivity index (χ1n) is 13.8. The van der Waals surface area contributed by atoms with Crippen LogP contribution in [0, 0.1) is 10.8 Å². The maximum absolute atomic E-state index is 13.4. The second-order valence-corrected chi connectivity index (χ2v) is 12.8. The van der Waals surface area contributed by atoms with Crippen molar-refractivity contribution in [1.29, 1.82) is 0 Å². The number of rotatable bonds is 5. The van der Waals surface area contributed by atoms with E-state index in [0.29, 0.717) is 6.54 Å². The van der Waals surface area contributed by atoms with Gasteiger partial charge in [0.2, 0.25) is 0 Å². The highest BCUT2D eigenvalue weighted by Gasteiger charge is 2.46. The Labute approximate surface area is 223 Å². The first-order valence-corrected chi connectivity index (χ1v) is 13.8. The number of hydrogen-bond acceptors (Lipinski definition) is 5. The molecule has 7 rings (SSSR count). The molecule has 0 saturated carbocycles. The minimum Gasteiger partial charge on any atom is -0.380 e. The van der Waals surface area contributed by atoms with Gasteiger partial charge in [0.05, 0.1) is 24.9 Å². The largest absolute Gasteiger partial charge is 0.380 e. The summed E-state index contributed by atoms with van der Waals surface area (Å²) in [7, 11) is 0. The molecule has 1 aliphatic carbocycles. The number of aliphatic hydroxyl groups is 1. The van der Waals surface area contributed by atoms with E-state index in [1.165, 1.54) is 11.3 Å². The number of nitrogens with zero attached hydrogens (tertiary/aromatic N) is 3. The maximum Gasteiger partial charge on any atom is 0.255 e. The number of benzene rings is 2. The smallest absolute Gasteiger partial charge is 0.255 e. The van der Waals surface area contributed by atoms with Gasteiger partial charge in [0.1, 0.15) is 6.23 Å². The molecule has 2 atom stereocenters. The van der Waals surface area contributed by atoms with Crippen molar-refractivity contribution in [3.63, 3.8) is 0 Å². The Hall–Kier alpha value is -3.00. The number of carbonyl (C=O) groups excluding carboxylic acids is 1. The standard InChI is InChI=1S/C31H36N4O3/c1-19(20-4-6-21(7-5-20)28(36)34-11-10-31(16-34)17-38-18-31)35-15-23-12-22(8-9-24(23)29(35)37)27-25-13-30(2,3)14-26(25)32-33-27/h4-9,12,19,28,36H,10-11,13-18H2,1-3H3,(H,32,33)/t19-,28?/m1/s1. The second-order valence-electron chi connectivity index (χ2n) is 12.8. The van der Waals surface area contributed by atoms with Gasteiger partial charge in [-0.15, -0.1) is 0 Å². The van der Waals surface area contributed by atoms with E-state index in [1.807, 2.05) is 29.2 Å². The van der Waals surface area contributed by atoms with Crippen molar-refractivity contribution in [2.75, 3.05) is 26.3 Å². The lowest BCUT2D eigenvalue weighted by Crippen LogP contribution is -2.45. The molecular weight excluding hydrogens is 476 g/mol. The van der Waals surface area contributed by atoms with Crippen LogP contribution in [-0.4, -0.2) is 57.3 Å². The van der Waals surface area contributed by atoms with Crippen LogP contribution in [0.2, 0.25) is 0 Å². The molecule has 4 heterocycles. The number of aromatic nitrogens is 2. The van der Waals surface area contributed by atoms with Gasteiger partial charge in [0.25, 0.3) is 5.91 Å². The highest BCUT2D eigenvalue weighted by atomic mass is 16.5. The monoisotopic (exact) mass is 512 g/mol. The molecule has 4 aliphatic rings. The third-order valence-electron chi connectivity index (χ3n) is 9.29. The number of fused-ring (bicyclic) bond motifs is 2. The Balaban J connectivity index is 1.06. The number of aromatic amines is 1. The fourth-order valence-electron chi connectivity index (χ4n) is 6.94. The zero-order valence-electron chi connectivity index (χ0n) is 22.5.